The van der Waals surface area contributed by atoms with E-state index in [1.807, 2.05) is 0 Å². The lowest BCUT2D eigenvalue weighted by Gasteiger charge is -2.25. The van der Waals surface area contributed by atoms with Crippen molar-refractivity contribution in [1.29, 1.82) is 0 Å². The minimum absolute atomic E-state index is 0.0237. The maximum absolute atomic E-state index is 13.0. The summed E-state index contributed by atoms with van der Waals surface area (Å²) in [5.41, 5.74) is -0.706. The van der Waals surface area contributed by atoms with E-state index >= 15 is 0 Å². The molecule has 1 aliphatic rings. The SMILES string of the molecule is CN(CC1CCCN1)c1ncc(Br)cc1C(F)(F)F. The summed E-state index contributed by atoms with van der Waals surface area (Å²) in [5.74, 6) is -0.0237. The molecule has 1 saturated heterocycles. The highest BCUT2D eigenvalue weighted by Crippen LogP contribution is 2.36. The third kappa shape index (κ3) is 3.60. The van der Waals surface area contributed by atoms with Crippen molar-refractivity contribution in [3.05, 3.63) is 22.3 Å². The number of nitrogens with one attached hydrogen (secondary N) is 1. The zero-order valence-corrected chi connectivity index (χ0v) is 12.1. The van der Waals surface area contributed by atoms with Gasteiger partial charge in [0.2, 0.25) is 0 Å². The summed E-state index contributed by atoms with van der Waals surface area (Å²) in [5, 5.41) is 3.27. The van der Waals surface area contributed by atoms with Crippen molar-refractivity contribution in [3.8, 4) is 0 Å². The van der Waals surface area contributed by atoms with Crippen LogP contribution in [0.25, 0.3) is 0 Å². The van der Waals surface area contributed by atoms with E-state index in [-0.39, 0.29) is 11.9 Å². The van der Waals surface area contributed by atoms with Gasteiger partial charge >= 0.3 is 6.18 Å². The van der Waals surface area contributed by atoms with Gasteiger partial charge in [-0.3, -0.25) is 0 Å². The Labute approximate surface area is 118 Å². The Morgan fingerprint density at radius 3 is 2.84 bits per heavy atom. The zero-order chi connectivity index (χ0) is 14.0. The number of hydrogen-bond acceptors (Lipinski definition) is 3. The number of rotatable bonds is 3. The summed E-state index contributed by atoms with van der Waals surface area (Å²) in [6, 6.07) is 1.30. The molecule has 1 unspecified atom stereocenters. The highest BCUT2D eigenvalue weighted by Gasteiger charge is 2.36. The Kier molecular flexibility index (Phi) is 4.35. The maximum Gasteiger partial charge on any atom is 0.419 e. The largest absolute Gasteiger partial charge is 0.419 e. The van der Waals surface area contributed by atoms with Gasteiger partial charge in [0, 0.05) is 30.3 Å². The summed E-state index contributed by atoms with van der Waals surface area (Å²) in [6.07, 6.45) is -0.951. The van der Waals surface area contributed by atoms with Crippen molar-refractivity contribution in [2.75, 3.05) is 25.0 Å². The molecule has 3 nitrogen and oxygen atoms in total. The Morgan fingerprint density at radius 1 is 1.53 bits per heavy atom. The highest BCUT2D eigenvalue weighted by atomic mass is 79.9. The molecule has 19 heavy (non-hydrogen) atoms. The molecular formula is C12H15BrF3N3. The Balaban J connectivity index is 2.22. The molecule has 1 fully saturated rings. The van der Waals surface area contributed by atoms with Crippen LogP contribution in [0.1, 0.15) is 18.4 Å². The first-order valence-electron chi connectivity index (χ1n) is 6.05. The van der Waals surface area contributed by atoms with Gasteiger partial charge in [0.05, 0.1) is 5.56 Å². The second kappa shape index (κ2) is 5.66. The van der Waals surface area contributed by atoms with Crippen molar-refractivity contribution in [3.63, 3.8) is 0 Å². The van der Waals surface area contributed by atoms with E-state index in [4.69, 9.17) is 0 Å². The number of aromatic nitrogens is 1. The molecular weight excluding hydrogens is 323 g/mol. The van der Waals surface area contributed by atoms with Crippen LogP contribution in [0.4, 0.5) is 19.0 Å². The van der Waals surface area contributed by atoms with Gasteiger partial charge in [0.25, 0.3) is 0 Å². The van der Waals surface area contributed by atoms with E-state index < -0.39 is 11.7 Å². The van der Waals surface area contributed by atoms with E-state index in [2.05, 4.69) is 26.2 Å². The van der Waals surface area contributed by atoms with Crippen LogP contribution < -0.4 is 10.2 Å². The molecule has 1 aromatic heterocycles. The smallest absolute Gasteiger partial charge is 0.358 e. The van der Waals surface area contributed by atoms with Crippen LogP contribution in [0.5, 0.6) is 0 Å². The van der Waals surface area contributed by atoms with E-state index in [1.54, 1.807) is 11.9 Å². The van der Waals surface area contributed by atoms with Crippen molar-refractivity contribution in [1.82, 2.24) is 10.3 Å². The van der Waals surface area contributed by atoms with Crippen molar-refractivity contribution >= 4 is 21.7 Å². The van der Waals surface area contributed by atoms with E-state index in [0.29, 0.717) is 11.0 Å². The van der Waals surface area contributed by atoms with Gasteiger partial charge in [-0.1, -0.05) is 0 Å². The Hall–Kier alpha value is -0.820. The number of alkyl halides is 3. The summed E-state index contributed by atoms with van der Waals surface area (Å²) in [6.45, 7) is 1.45. The maximum atomic E-state index is 13.0. The lowest BCUT2D eigenvalue weighted by atomic mass is 10.2. The standard InChI is InChI=1S/C12H15BrF3N3/c1-19(7-9-3-2-4-17-9)11-10(12(14,15)16)5-8(13)6-18-11/h5-6,9,17H,2-4,7H2,1H3. The fourth-order valence-electron chi connectivity index (χ4n) is 2.27. The zero-order valence-electron chi connectivity index (χ0n) is 10.5. The normalized spacial score (nSPS) is 19.7. The molecule has 0 saturated carbocycles. The number of halogens is 4. The van der Waals surface area contributed by atoms with Gasteiger partial charge in [-0.2, -0.15) is 13.2 Å². The number of hydrogen-bond donors (Lipinski definition) is 1. The van der Waals surface area contributed by atoms with Crippen LogP contribution in [0.3, 0.4) is 0 Å². The predicted molar refractivity (Wildman–Crippen MR) is 71.2 cm³/mol. The van der Waals surface area contributed by atoms with E-state index in [0.717, 1.165) is 25.5 Å². The summed E-state index contributed by atoms with van der Waals surface area (Å²) < 4.78 is 39.3. The van der Waals surface area contributed by atoms with Crippen LogP contribution in [-0.2, 0) is 6.18 Å². The molecule has 0 spiro atoms. The van der Waals surface area contributed by atoms with Gasteiger partial charge in [0.1, 0.15) is 5.82 Å². The quantitative estimate of drug-likeness (QED) is 0.918. The first-order chi connectivity index (χ1) is 8.88. The van der Waals surface area contributed by atoms with Gasteiger partial charge in [-0.15, -0.1) is 0 Å². The molecule has 0 bridgehead atoms. The lowest BCUT2D eigenvalue weighted by Crippen LogP contribution is -2.36. The molecule has 2 heterocycles. The number of likely N-dealkylation sites (N-methyl/N-ethyl adjacent to an activating group) is 1. The third-order valence-electron chi connectivity index (χ3n) is 3.16. The van der Waals surface area contributed by atoms with Crippen LogP contribution in [0, 0.1) is 0 Å². The second-order valence-corrected chi connectivity index (χ2v) is 5.61. The molecule has 7 heteroatoms. The molecule has 0 amide bonds. The first kappa shape index (κ1) is 14.6. The van der Waals surface area contributed by atoms with Gasteiger partial charge in [-0.05, 0) is 41.4 Å². The van der Waals surface area contributed by atoms with E-state index in [9.17, 15) is 13.2 Å². The molecule has 2 rings (SSSR count). The van der Waals surface area contributed by atoms with Crippen LogP contribution in [-0.4, -0.2) is 31.2 Å². The fraction of sp³-hybridized carbons (Fsp3) is 0.583. The summed E-state index contributed by atoms with van der Waals surface area (Å²) in [4.78, 5) is 5.49. The molecule has 0 aliphatic carbocycles. The molecule has 106 valence electrons. The third-order valence-corrected chi connectivity index (χ3v) is 3.59. The first-order valence-corrected chi connectivity index (χ1v) is 6.84. The molecule has 0 aromatic carbocycles. The monoisotopic (exact) mass is 337 g/mol. The number of nitrogens with zero attached hydrogens (tertiary/aromatic N) is 2. The van der Waals surface area contributed by atoms with Crippen molar-refractivity contribution < 1.29 is 13.2 Å². The fourth-order valence-corrected chi connectivity index (χ4v) is 2.61. The Bertz CT molecular complexity index is 444. The number of anilines is 1. The second-order valence-electron chi connectivity index (χ2n) is 4.70. The number of pyridine rings is 1. The van der Waals surface area contributed by atoms with E-state index in [1.165, 1.54) is 6.20 Å². The molecule has 1 aliphatic heterocycles. The molecule has 1 aromatic rings. The lowest BCUT2D eigenvalue weighted by molar-refractivity contribution is -0.137. The minimum atomic E-state index is -4.40. The van der Waals surface area contributed by atoms with Gasteiger partial charge in [0.15, 0.2) is 0 Å². The molecule has 0 radical (unpaired) electrons. The van der Waals surface area contributed by atoms with Crippen LogP contribution >= 0.6 is 15.9 Å². The minimum Gasteiger partial charge on any atom is -0.358 e. The van der Waals surface area contributed by atoms with Crippen LogP contribution in [0.15, 0.2) is 16.7 Å². The molecule has 1 N–H and O–H groups in total. The highest BCUT2D eigenvalue weighted by molar-refractivity contribution is 9.10. The van der Waals surface area contributed by atoms with Crippen molar-refractivity contribution in [2.24, 2.45) is 0 Å². The average molecular weight is 338 g/mol. The molecule has 1 atom stereocenters. The topological polar surface area (TPSA) is 28.2 Å². The Morgan fingerprint density at radius 2 is 2.26 bits per heavy atom. The van der Waals surface area contributed by atoms with Gasteiger partial charge in [-0.25, -0.2) is 4.98 Å². The van der Waals surface area contributed by atoms with Crippen LogP contribution in [0.2, 0.25) is 0 Å². The van der Waals surface area contributed by atoms with Crippen molar-refractivity contribution in [2.45, 2.75) is 25.1 Å². The van der Waals surface area contributed by atoms with Gasteiger partial charge < -0.3 is 10.2 Å². The average Bonchev–Trinajstić information content (AvgIpc) is 2.80. The summed E-state index contributed by atoms with van der Waals surface area (Å²) in [7, 11) is 1.64. The summed E-state index contributed by atoms with van der Waals surface area (Å²) >= 11 is 3.03. The predicted octanol–water partition coefficient (Wildman–Crippen LogP) is 3.05.